The minimum absolute atomic E-state index is 0.0425. The average Bonchev–Trinajstić information content (AvgIpc) is 2.61. The van der Waals surface area contributed by atoms with Crippen molar-refractivity contribution in [3.05, 3.63) is 63.6 Å². The topological polar surface area (TPSA) is 32.3 Å². The highest BCUT2D eigenvalue weighted by Crippen LogP contribution is 2.26. The number of hydrogen-bond donors (Lipinski definition) is 1. The molecule has 0 radical (unpaired) electrons. The number of likely N-dealkylation sites (tertiary alicyclic amines) is 1. The molecule has 2 aromatic carbocycles. The monoisotopic (exact) mass is 376 g/mol. The second kappa shape index (κ2) is 8.22. The molecule has 2 aromatic rings. The molecule has 0 atom stereocenters. The van der Waals surface area contributed by atoms with Gasteiger partial charge in [-0.05, 0) is 62.2 Å². The summed E-state index contributed by atoms with van der Waals surface area (Å²) in [5.41, 5.74) is 2.85. The maximum Gasteiger partial charge on any atom is 0.227 e. The summed E-state index contributed by atoms with van der Waals surface area (Å²) in [7, 11) is 0. The van der Waals surface area contributed by atoms with Crippen LogP contribution in [-0.4, -0.2) is 23.9 Å². The van der Waals surface area contributed by atoms with E-state index in [0.29, 0.717) is 5.02 Å². The molecule has 0 bridgehead atoms. The number of hydrogen-bond acceptors (Lipinski definition) is 2. The van der Waals surface area contributed by atoms with Gasteiger partial charge in [-0.2, -0.15) is 0 Å². The van der Waals surface area contributed by atoms with Gasteiger partial charge in [0.05, 0.1) is 0 Å². The molecule has 0 saturated carbocycles. The van der Waals surface area contributed by atoms with Gasteiger partial charge in [0, 0.05) is 28.2 Å². The Kier molecular flexibility index (Phi) is 6.00. The minimum Gasteiger partial charge on any atom is -0.326 e. The number of nitrogens with zero attached hydrogens (tertiary/aromatic N) is 1. The molecule has 25 heavy (non-hydrogen) atoms. The van der Waals surface area contributed by atoms with E-state index in [1.165, 1.54) is 0 Å². The quantitative estimate of drug-likeness (QED) is 0.799. The van der Waals surface area contributed by atoms with Crippen LogP contribution in [0.4, 0.5) is 5.69 Å². The lowest BCUT2D eigenvalue weighted by molar-refractivity contribution is -0.121. The van der Waals surface area contributed by atoms with E-state index in [1.807, 2.05) is 43.3 Å². The van der Waals surface area contributed by atoms with Crippen LogP contribution in [0.5, 0.6) is 0 Å². The number of rotatable bonds is 4. The summed E-state index contributed by atoms with van der Waals surface area (Å²) in [6.45, 7) is 4.56. The molecule has 1 heterocycles. The third-order valence-corrected chi connectivity index (χ3v) is 5.61. The summed E-state index contributed by atoms with van der Waals surface area (Å²) < 4.78 is 0. The Morgan fingerprint density at radius 1 is 1.08 bits per heavy atom. The van der Waals surface area contributed by atoms with Crippen LogP contribution in [-0.2, 0) is 11.3 Å². The summed E-state index contributed by atoms with van der Waals surface area (Å²) in [6, 6.07) is 13.5. The van der Waals surface area contributed by atoms with Gasteiger partial charge in [0.1, 0.15) is 0 Å². The van der Waals surface area contributed by atoms with Crippen molar-refractivity contribution in [2.45, 2.75) is 26.3 Å². The van der Waals surface area contributed by atoms with Crippen LogP contribution < -0.4 is 5.32 Å². The molecule has 1 amide bonds. The van der Waals surface area contributed by atoms with Crippen LogP contribution in [0.1, 0.15) is 24.0 Å². The SMILES string of the molecule is Cc1c(Cl)cccc1NC(=O)C1CCN(Cc2ccccc2Cl)CC1. The first-order chi connectivity index (χ1) is 12.0. The fourth-order valence-corrected chi connectivity index (χ4v) is 3.57. The first-order valence-electron chi connectivity index (χ1n) is 8.56. The molecular formula is C20H22Cl2N2O. The Morgan fingerprint density at radius 3 is 2.48 bits per heavy atom. The van der Waals surface area contributed by atoms with Crippen LogP contribution >= 0.6 is 23.2 Å². The van der Waals surface area contributed by atoms with Crippen molar-refractivity contribution in [2.24, 2.45) is 5.92 Å². The number of benzene rings is 2. The number of carbonyl (C=O) groups excluding carboxylic acids is 1. The van der Waals surface area contributed by atoms with Crippen molar-refractivity contribution in [1.82, 2.24) is 4.90 Å². The number of carbonyl (C=O) groups is 1. The minimum atomic E-state index is 0.0425. The van der Waals surface area contributed by atoms with Crippen molar-refractivity contribution in [3.63, 3.8) is 0 Å². The first kappa shape index (κ1) is 18.2. The molecule has 132 valence electrons. The number of anilines is 1. The van der Waals surface area contributed by atoms with Gasteiger partial charge in [-0.3, -0.25) is 9.69 Å². The molecule has 0 unspecified atom stereocenters. The highest BCUT2D eigenvalue weighted by atomic mass is 35.5. The second-order valence-electron chi connectivity index (χ2n) is 6.54. The smallest absolute Gasteiger partial charge is 0.227 e. The van der Waals surface area contributed by atoms with Gasteiger partial charge in [-0.15, -0.1) is 0 Å². The molecule has 3 nitrogen and oxygen atoms in total. The predicted molar refractivity (Wildman–Crippen MR) is 104 cm³/mol. The van der Waals surface area contributed by atoms with Crippen LogP contribution in [0.15, 0.2) is 42.5 Å². The normalized spacial score (nSPS) is 16.0. The zero-order chi connectivity index (χ0) is 17.8. The van der Waals surface area contributed by atoms with Gasteiger partial charge in [0.25, 0.3) is 0 Å². The van der Waals surface area contributed by atoms with E-state index in [-0.39, 0.29) is 11.8 Å². The Balaban J connectivity index is 1.54. The summed E-state index contributed by atoms with van der Waals surface area (Å²) in [5, 5.41) is 4.51. The molecule has 0 aromatic heterocycles. The zero-order valence-electron chi connectivity index (χ0n) is 14.3. The standard InChI is InChI=1S/C20H22Cl2N2O/c1-14-17(21)7-4-8-19(14)23-20(25)15-9-11-24(12-10-15)13-16-5-2-3-6-18(16)22/h2-8,15H,9-13H2,1H3,(H,23,25). The molecule has 0 spiro atoms. The molecule has 5 heteroatoms. The highest BCUT2D eigenvalue weighted by Gasteiger charge is 2.25. The number of halogens is 2. The zero-order valence-corrected chi connectivity index (χ0v) is 15.8. The van der Waals surface area contributed by atoms with E-state index in [2.05, 4.69) is 16.3 Å². The van der Waals surface area contributed by atoms with E-state index in [0.717, 1.165) is 54.3 Å². The molecule has 1 N–H and O–H groups in total. The lowest BCUT2D eigenvalue weighted by Crippen LogP contribution is -2.37. The predicted octanol–water partition coefficient (Wildman–Crippen LogP) is 5.15. The summed E-state index contributed by atoms with van der Waals surface area (Å²) in [5.74, 6) is 0.128. The average molecular weight is 377 g/mol. The van der Waals surface area contributed by atoms with E-state index >= 15 is 0 Å². The second-order valence-corrected chi connectivity index (χ2v) is 7.36. The van der Waals surface area contributed by atoms with E-state index in [4.69, 9.17) is 23.2 Å². The molecule has 1 aliphatic heterocycles. The fourth-order valence-electron chi connectivity index (χ4n) is 3.20. The fraction of sp³-hybridized carbons (Fsp3) is 0.350. The Morgan fingerprint density at radius 2 is 1.76 bits per heavy atom. The highest BCUT2D eigenvalue weighted by molar-refractivity contribution is 6.32. The Hall–Kier alpha value is -1.55. The lowest BCUT2D eigenvalue weighted by atomic mass is 9.95. The van der Waals surface area contributed by atoms with Gasteiger partial charge >= 0.3 is 0 Å². The largest absolute Gasteiger partial charge is 0.326 e. The van der Waals surface area contributed by atoms with Crippen LogP contribution in [0, 0.1) is 12.8 Å². The van der Waals surface area contributed by atoms with E-state index in [9.17, 15) is 4.79 Å². The molecule has 1 saturated heterocycles. The maximum absolute atomic E-state index is 12.6. The Labute approximate surface area is 158 Å². The molecule has 0 aliphatic carbocycles. The van der Waals surface area contributed by atoms with Gasteiger partial charge in [-0.1, -0.05) is 47.5 Å². The number of amides is 1. The van der Waals surface area contributed by atoms with Crippen molar-refractivity contribution >= 4 is 34.8 Å². The molecule has 1 aliphatic rings. The maximum atomic E-state index is 12.6. The molecule has 3 rings (SSSR count). The summed E-state index contributed by atoms with van der Waals surface area (Å²) in [6.07, 6.45) is 1.71. The van der Waals surface area contributed by atoms with Gasteiger partial charge in [-0.25, -0.2) is 0 Å². The van der Waals surface area contributed by atoms with Crippen LogP contribution in [0.3, 0.4) is 0 Å². The molecular weight excluding hydrogens is 355 g/mol. The summed E-state index contributed by atoms with van der Waals surface area (Å²) >= 11 is 12.4. The van der Waals surface area contributed by atoms with Crippen LogP contribution in [0.2, 0.25) is 10.0 Å². The Bertz CT molecular complexity index is 755. The van der Waals surface area contributed by atoms with Crippen molar-refractivity contribution in [3.8, 4) is 0 Å². The summed E-state index contributed by atoms with van der Waals surface area (Å²) in [4.78, 5) is 14.9. The van der Waals surface area contributed by atoms with Crippen molar-refractivity contribution in [1.29, 1.82) is 0 Å². The van der Waals surface area contributed by atoms with Gasteiger partial charge < -0.3 is 5.32 Å². The lowest BCUT2D eigenvalue weighted by Gasteiger charge is -2.31. The number of nitrogens with one attached hydrogen (secondary N) is 1. The third kappa shape index (κ3) is 4.55. The van der Waals surface area contributed by atoms with Crippen LogP contribution in [0.25, 0.3) is 0 Å². The first-order valence-corrected chi connectivity index (χ1v) is 9.32. The van der Waals surface area contributed by atoms with Gasteiger partial charge in [0.15, 0.2) is 0 Å². The third-order valence-electron chi connectivity index (χ3n) is 4.84. The van der Waals surface area contributed by atoms with Crippen molar-refractivity contribution in [2.75, 3.05) is 18.4 Å². The van der Waals surface area contributed by atoms with Gasteiger partial charge in [0.2, 0.25) is 5.91 Å². The molecule has 1 fully saturated rings. The van der Waals surface area contributed by atoms with Crippen molar-refractivity contribution < 1.29 is 4.79 Å². The van der Waals surface area contributed by atoms with E-state index in [1.54, 1.807) is 0 Å². The van der Waals surface area contributed by atoms with E-state index < -0.39 is 0 Å². The number of piperidine rings is 1.